The Morgan fingerprint density at radius 1 is 1.10 bits per heavy atom. The van der Waals surface area contributed by atoms with E-state index in [1.54, 1.807) is 24.3 Å². The standard InChI is InChI=1S/C15H8FN3O/c16-10-5-7-11(8-6-10)19-14(9-17)18-13-4-2-1-3-12(13)15(19)20/h1-8H. The highest BCUT2D eigenvalue weighted by Gasteiger charge is 2.11. The van der Waals surface area contributed by atoms with Gasteiger partial charge in [-0.25, -0.2) is 9.37 Å². The lowest BCUT2D eigenvalue weighted by atomic mass is 10.2. The topological polar surface area (TPSA) is 58.7 Å². The van der Waals surface area contributed by atoms with Crippen LogP contribution in [0.1, 0.15) is 5.82 Å². The van der Waals surface area contributed by atoms with Gasteiger partial charge in [0.2, 0.25) is 5.82 Å². The summed E-state index contributed by atoms with van der Waals surface area (Å²) in [5.74, 6) is -0.436. The third-order valence-corrected chi connectivity index (χ3v) is 2.96. The number of aromatic nitrogens is 2. The van der Waals surface area contributed by atoms with Gasteiger partial charge in [0.15, 0.2) is 0 Å². The number of nitrogens with zero attached hydrogens (tertiary/aromatic N) is 3. The van der Waals surface area contributed by atoms with Crippen LogP contribution in [0.4, 0.5) is 4.39 Å². The Hall–Kier alpha value is -3.00. The number of para-hydroxylation sites is 1. The van der Waals surface area contributed by atoms with Gasteiger partial charge in [-0.1, -0.05) is 12.1 Å². The maximum atomic E-state index is 13.0. The number of hydrogen-bond acceptors (Lipinski definition) is 3. The number of benzene rings is 2. The lowest BCUT2D eigenvalue weighted by molar-refractivity contribution is 0.627. The van der Waals surface area contributed by atoms with Crippen LogP contribution in [-0.4, -0.2) is 9.55 Å². The van der Waals surface area contributed by atoms with E-state index in [0.29, 0.717) is 16.6 Å². The van der Waals surface area contributed by atoms with E-state index >= 15 is 0 Å². The van der Waals surface area contributed by atoms with E-state index in [1.165, 1.54) is 28.8 Å². The number of fused-ring (bicyclic) bond motifs is 1. The summed E-state index contributed by atoms with van der Waals surface area (Å²) in [5.41, 5.74) is 0.525. The van der Waals surface area contributed by atoms with Crippen molar-refractivity contribution in [2.45, 2.75) is 0 Å². The van der Waals surface area contributed by atoms with Crippen LogP contribution in [0.15, 0.2) is 53.3 Å². The minimum atomic E-state index is -0.408. The zero-order valence-electron chi connectivity index (χ0n) is 10.2. The van der Waals surface area contributed by atoms with Gasteiger partial charge in [-0.05, 0) is 36.4 Å². The largest absolute Gasteiger partial charge is 0.268 e. The molecule has 0 saturated heterocycles. The molecule has 1 aromatic heterocycles. The highest BCUT2D eigenvalue weighted by molar-refractivity contribution is 5.78. The second-order valence-corrected chi connectivity index (χ2v) is 4.18. The molecule has 1 heterocycles. The molecule has 0 saturated carbocycles. The first-order valence-electron chi connectivity index (χ1n) is 5.88. The minimum absolute atomic E-state index is 0.0275. The molecular weight excluding hydrogens is 257 g/mol. The summed E-state index contributed by atoms with van der Waals surface area (Å²) in [6, 6.07) is 14.0. The molecule has 0 spiro atoms. The third kappa shape index (κ3) is 1.84. The number of nitriles is 1. The maximum absolute atomic E-state index is 13.0. The molecule has 0 atom stereocenters. The van der Waals surface area contributed by atoms with Crippen molar-refractivity contribution in [2.24, 2.45) is 0 Å². The van der Waals surface area contributed by atoms with Crippen molar-refractivity contribution in [3.63, 3.8) is 0 Å². The smallest absolute Gasteiger partial charge is 0.266 e. The molecule has 0 radical (unpaired) electrons. The van der Waals surface area contributed by atoms with Gasteiger partial charge in [0.25, 0.3) is 5.56 Å². The quantitative estimate of drug-likeness (QED) is 0.678. The molecule has 4 nitrogen and oxygen atoms in total. The molecule has 3 aromatic rings. The Labute approximate surface area is 113 Å². The molecule has 0 bridgehead atoms. The predicted molar refractivity (Wildman–Crippen MR) is 72.0 cm³/mol. The van der Waals surface area contributed by atoms with E-state index in [9.17, 15) is 14.4 Å². The average Bonchev–Trinajstić information content (AvgIpc) is 2.48. The Kier molecular flexibility index (Phi) is 2.77. The first-order chi connectivity index (χ1) is 9.70. The van der Waals surface area contributed by atoms with Crippen molar-refractivity contribution < 1.29 is 4.39 Å². The molecule has 20 heavy (non-hydrogen) atoms. The molecule has 3 rings (SSSR count). The highest BCUT2D eigenvalue weighted by Crippen LogP contribution is 2.13. The Bertz CT molecular complexity index is 892. The molecule has 0 aliphatic heterocycles. The monoisotopic (exact) mass is 265 g/mol. The van der Waals surface area contributed by atoms with Crippen molar-refractivity contribution in [1.82, 2.24) is 9.55 Å². The summed E-state index contributed by atoms with van der Waals surface area (Å²) in [5, 5.41) is 9.58. The molecule has 0 amide bonds. The molecule has 5 heteroatoms. The number of hydrogen-bond donors (Lipinski definition) is 0. The predicted octanol–water partition coefficient (Wildman–Crippen LogP) is 2.40. The van der Waals surface area contributed by atoms with E-state index in [-0.39, 0.29) is 11.4 Å². The lowest BCUT2D eigenvalue weighted by Crippen LogP contribution is -2.22. The SMILES string of the molecule is N#Cc1nc2ccccc2c(=O)n1-c1ccc(F)cc1. The van der Waals surface area contributed by atoms with Crippen molar-refractivity contribution in [2.75, 3.05) is 0 Å². The van der Waals surface area contributed by atoms with Crippen LogP contribution in [0.25, 0.3) is 16.6 Å². The van der Waals surface area contributed by atoms with Crippen LogP contribution in [0.5, 0.6) is 0 Å². The van der Waals surface area contributed by atoms with Crippen LogP contribution in [0.2, 0.25) is 0 Å². The van der Waals surface area contributed by atoms with E-state index in [4.69, 9.17) is 0 Å². The van der Waals surface area contributed by atoms with Gasteiger partial charge >= 0.3 is 0 Å². The van der Waals surface area contributed by atoms with Crippen LogP contribution in [-0.2, 0) is 0 Å². The van der Waals surface area contributed by atoms with Crippen LogP contribution >= 0.6 is 0 Å². The second-order valence-electron chi connectivity index (χ2n) is 4.18. The van der Waals surface area contributed by atoms with Gasteiger partial charge in [0.1, 0.15) is 11.9 Å². The molecular formula is C15H8FN3O. The Morgan fingerprint density at radius 2 is 1.80 bits per heavy atom. The normalized spacial score (nSPS) is 10.4. The minimum Gasteiger partial charge on any atom is -0.268 e. The van der Waals surface area contributed by atoms with E-state index in [0.717, 1.165) is 0 Å². The van der Waals surface area contributed by atoms with Crippen LogP contribution < -0.4 is 5.56 Å². The van der Waals surface area contributed by atoms with Crippen LogP contribution in [0, 0.1) is 17.1 Å². The van der Waals surface area contributed by atoms with Crippen molar-refractivity contribution >= 4 is 10.9 Å². The van der Waals surface area contributed by atoms with E-state index in [1.807, 2.05) is 6.07 Å². The molecule has 0 aliphatic carbocycles. The van der Waals surface area contributed by atoms with Gasteiger partial charge in [-0.3, -0.25) is 9.36 Å². The first-order valence-corrected chi connectivity index (χ1v) is 5.88. The summed E-state index contributed by atoms with van der Waals surface area (Å²) >= 11 is 0. The summed E-state index contributed by atoms with van der Waals surface area (Å²) in [7, 11) is 0. The fraction of sp³-hybridized carbons (Fsp3) is 0. The van der Waals surface area contributed by atoms with Gasteiger partial charge in [0.05, 0.1) is 16.6 Å². The lowest BCUT2D eigenvalue weighted by Gasteiger charge is -2.08. The zero-order chi connectivity index (χ0) is 14.1. The Morgan fingerprint density at radius 3 is 2.50 bits per heavy atom. The van der Waals surface area contributed by atoms with Gasteiger partial charge in [-0.15, -0.1) is 0 Å². The fourth-order valence-electron chi connectivity index (χ4n) is 2.04. The van der Waals surface area contributed by atoms with Gasteiger partial charge in [-0.2, -0.15) is 5.26 Å². The van der Waals surface area contributed by atoms with Crippen molar-refractivity contribution in [1.29, 1.82) is 5.26 Å². The Balaban J connectivity index is 2.40. The number of halogens is 1. The highest BCUT2D eigenvalue weighted by atomic mass is 19.1. The summed E-state index contributed by atoms with van der Waals surface area (Å²) in [4.78, 5) is 16.6. The molecule has 0 unspecified atom stereocenters. The molecule has 0 fully saturated rings. The van der Waals surface area contributed by atoms with Crippen molar-refractivity contribution in [3.8, 4) is 11.8 Å². The third-order valence-electron chi connectivity index (χ3n) is 2.96. The fourth-order valence-corrected chi connectivity index (χ4v) is 2.04. The van der Waals surface area contributed by atoms with Crippen LogP contribution in [0.3, 0.4) is 0 Å². The molecule has 0 aliphatic rings. The average molecular weight is 265 g/mol. The molecule has 96 valence electrons. The number of rotatable bonds is 1. The molecule has 2 aromatic carbocycles. The first kappa shape index (κ1) is 12.1. The summed E-state index contributed by atoms with van der Waals surface area (Å²) in [6.07, 6.45) is 0. The summed E-state index contributed by atoms with van der Waals surface area (Å²) in [6.45, 7) is 0. The van der Waals surface area contributed by atoms with Crippen molar-refractivity contribution in [3.05, 3.63) is 70.5 Å². The second kappa shape index (κ2) is 4.59. The van der Waals surface area contributed by atoms with E-state index in [2.05, 4.69) is 4.98 Å². The maximum Gasteiger partial charge on any atom is 0.266 e. The van der Waals surface area contributed by atoms with Gasteiger partial charge in [0, 0.05) is 0 Å². The van der Waals surface area contributed by atoms with E-state index < -0.39 is 5.82 Å². The summed E-state index contributed by atoms with van der Waals surface area (Å²) < 4.78 is 14.2. The zero-order valence-corrected chi connectivity index (χ0v) is 10.2. The van der Waals surface area contributed by atoms with Gasteiger partial charge < -0.3 is 0 Å². The molecule has 0 N–H and O–H groups in total.